The zero-order valence-electron chi connectivity index (χ0n) is 13.3. The zero-order valence-corrected chi connectivity index (χ0v) is 14.8. The summed E-state index contributed by atoms with van der Waals surface area (Å²) in [6, 6.07) is 8.42. The van der Waals surface area contributed by atoms with Gasteiger partial charge in [0.25, 0.3) is 5.91 Å². The predicted octanol–water partition coefficient (Wildman–Crippen LogP) is 2.92. The average Bonchev–Trinajstić information content (AvgIpc) is 2.65. The molecule has 0 aliphatic carbocycles. The Morgan fingerprint density at radius 1 is 1.16 bits per heavy atom. The van der Waals surface area contributed by atoms with Crippen LogP contribution in [0.5, 0.6) is 0 Å². The van der Waals surface area contributed by atoms with Crippen LogP contribution in [0.2, 0.25) is 10.0 Å². The number of nitrogens with zero attached hydrogens (tertiary/aromatic N) is 3. The molecule has 6 nitrogen and oxygen atoms in total. The van der Waals surface area contributed by atoms with Crippen LogP contribution in [-0.2, 0) is 4.79 Å². The first-order chi connectivity index (χ1) is 12.1. The Kier molecular flexibility index (Phi) is 5.40. The molecule has 0 radical (unpaired) electrons. The van der Waals surface area contributed by atoms with Gasteiger partial charge in [0.1, 0.15) is 5.82 Å². The van der Waals surface area contributed by atoms with Gasteiger partial charge in [-0.1, -0.05) is 29.3 Å². The number of hydrogen-bond donors (Lipinski definition) is 1. The van der Waals surface area contributed by atoms with Crippen molar-refractivity contribution >= 4 is 47.0 Å². The fourth-order valence-electron chi connectivity index (χ4n) is 2.58. The lowest BCUT2D eigenvalue weighted by atomic mass is 10.2. The monoisotopic (exact) mass is 378 g/mol. The number of piperazine rings is 1. The van der Waals surface area contributed by atoms with E-state index in [1.165, 1.54) is 0 Å². The number of aromatic nitrogens is 1. The highest BCUT2D eigenvalue weighted by Crippen LogP contribution is 2.30. The highest BCUT2D eigenvalue weighted by atomic mass is 35.5. The maximum Gasteiger partial charge on any atom is 0.255 e. The summed E-state index contributed by atoms with van der Waals surface area (Å²) in [5.41, 5.74) is 0.927. The number of carbonyl (C=O) groups excluding carboxylic acids is 2. The summed E-state index contributed by atoms with van der Waals surface area (Å²) in [4.78, 5) is 31.4. The van der Waals surface area contributed by atoms with Crippen LogP contribution in [0.4, 0.5) is 11.5 Å². The summed E-state index contributed by atoms with van der Waals surface area (Å²) in [7, 11) is 0. The van der Waals surface area contributed by atoms with Gasteiger partial charge in [-0.15, -0.1) is 0 Å². The number of hydrogen-bond acceptors (Lipinski definition) is 4. The summed E-state index contributed by atoms with van der Waals surface area (Å²) < 4.78 is 0. The van der Waals surface area contributed by atoms with E-state index < -0.39 is 0 Å². The molecule has 1 saturated heterocycles. The fraction of sp³-hybridized carbons (Fsp3) is 0.235. The molecular formula is C17H16Cl2N4O2. The van der Waals surface area contributed by atoms with Crippen molar-refractivity contribution in [2.45, 2.75) is 0 Å². The summed E-state index contributed by atoms with van der Waals surface area (Å²) in [6.07, 6.45) is 2.44. The van der Waals surface area contributed by atoms with Crippen molar-refractivity contribution in [2.75, 3.05) is 36.4 Å². The number of anilines is 2. The molecule has 1 aliphatic heterocycles. The second-order valence-electron chi connectivity index (χ2n) is 5.59. The lowest BCUT2D eigenvalue weighted by Gasteiger charge is -2.33. The van der Waals surface area contributed by atoms with E-state index in [2.05, 4.69) is 10.3 Å². The Morgan fingerprint density at radius 3 is 2.64 bits per heavy atom. The van der Waals surface area contributed by atoms with Crippen LogP contribution in [0.15, 0.2) is 36.5 Å². The molecule has 0 bridgehead atoms. The quantitative estimate of drug-likeness (QED) is 0.830. The Hall–Kier alpha value is -2.31. The molecule has 1 aromatic carbocycles. The topological polar surface area (TPSA) is 65.5 Å². The number of halogens is 2. The van der Waals surface area contributed by atoms with Crippen LogP contribution in [0.25, 0.3) is 0 Å². The molecule has 0 saturated carbocycles. The van der Waals surface area contributed by atoms with E-state index >= 15 is 0 Å². The maximum absolute atomic E-state index is 12.5. The Bertz CT molecular complexity index is 792. The minimum Gasteiger partial charge on any atom is -0.353 e. The minimum absolute atomic E-state index is 0.292. The van der Waals surface area contributed by atoms with Gasteiger partial charge in [-0.25, -0.2) is 4.98 Å². The van der Waals surface area contributed by atoms with Gasteiger partial charge >= 0.3 is 0 Å². The highest BCUT2D eigenvalue weighted by molar-refractivity contribution is 6.44. The Morgan fingerprint density at radius 2 is 1.92 bits per heavy atom. The summed E-state index contributed by atoms with van der Waals surface area (Å²) in [5, 5.41) is 3.44. The number of carbonyl (C=O) groups is 2. The molecule has 2 amide bonds. The molecule has 0 atom stereocenters. The third-order valence-corrected chi connectivity index (χ3v) is 4.81. The molecule has 1 aliphatic rings. The van der Waals surface area contributed by atoms with Crippen molar-refractivity contribution in [3.8, 4) is 0 Å². The van der Waals surface area contributed by atoms with Gasteiger partial charge in [0.2, 0.25) is 6.41 Å². The summed E-state index contributed by atoms with van der Waals surface area (Å²) >= 11 is 12.1. The molecule has 0 spiro atoms. The first-order valence-electron chi connectivity index (χ1n) is 7.74. The van der Waals surface area contributed by atoms with Crippen molar-refractivity contribution in [2.24, 2.45) is 0 Å². The van der Waals surface area contributed by atoms with Crippen molar-refractivity contribution in [1.29, 1.82) is 0 Å². The molecule has 8 heteroatoms. The summed E-state index contributed by atoms with van der Waals surface area (Å²) in [5.74, 6) is 0.412. The van der Waals surface area contributed by atoms with E-state index in [1.807, 2.05) is 4.90 Å². The lowest BCUT2D eigenvalue weighted by molar-refractivity contribution is -0.118. The lowest BCUT2D eigenvalue weighted by Crippen LogP contribution is -2.46. The van der Waals surface area contributed by atoms with Crippen LogP contribution in [0, 0.1) is 0 Å². The predicted molar refractivity (Wildman–Crippen MR) is 98.5 cm³/mol. The van der Waals surface area contributed by atoms with Crippen molar-refractivity contribution in [3.63, 3.8) is 0 Å². The number of rotatable bonds is 4. The van der Waals surface area contributed by atoms with Gasteiger partial charge in [-0.05, 0) is 24.3 Å². The largest absolute Gasteiger partial charge is 0.353 e. The van der Waals surface area contributed by atoms with Gasteiger partial charge in [0.15, 0.2) is 0 Å². The van der Waals surface area contributed by atoms with Gasteiger partial charge < -0.3 is 15.1 Å². The van der Waals surface area contributed by atoms with E-state index in [9.17, 15) is 9.59 Å². The van der Waals surface area contributed by atoms with E-state index in [-0.39, 0.29) is 5.91 Å². The summed E-state index contributed by atoms with van der Waals surface area (Å²) in [6.45, 7) is 2.63. The van der Waals surface area contributed by atoms with Crippen molar-refractivity contribution in [3.05, 3.63) is 52.1 Å². The van der Waals surface area contributed by atoms with Crippen LogP contribution < -0.4 is 10.2 Å². The second kappa shape index (κ2) is 7.72. The van der Waals surface area contributed by atoms with E-state index in [0.717, 1.165) is 6.41 Å². The first kappa shape index (κ1) is 17.5. The van der Waals surface area contributed by atoms with E-state index in [0.29, 0.717) is 53.3 Å². The number of benzene rings is 1. The van der Waals surface area contributed by atoms with Gasteiger partial charge in [0.05, 0.1) is 15.7 Å². The minimum atomic E-state index is -0.292. The van der Waals surface area contributed by atoms with Crippen LogP contribution in [0.1, 0.15) is 10.4 Å². The molecule has 25 heavy (non-hydrogen) atoms. The second-order valence-corrected chi connectivity index (χ2v) is 6.37. The number of pyridine rings is 1. The fourth-order valence-corrected chi connectivity index (χ4v) is 2.93. The molecule has 1 N–H and O–H groups in total. The van der Waals surface area contributed by atoms with Gasteiger partial charge in [-0.2, -0.15) is 0 Å². The molecular weight excluding hydrogens is 363 g/mol. The van der Waals surface area contributed by atoms with Crippen LogP contribution >= 0.6 is 23.2 Å². The zero-order chi connectivity index (χ0) is 17.8. The van der Waals surface area contributed by atoms with Crippen LogP contribution in [0.3, 0.4) is 0 Å². The molecule has 2 heterocycles. The Labute approximate surface area is 155 Å². The maximum atomic E-state index is 12.5. The smallest absolute Gasteiger partial charge is 0.255 e. The average molecular weight is 379 g/mol. The third-order valence-electron chi connectivity index (χ3n) is 3.99. The first-order valence-corrected chi connectivity index (χ1v) is 8.50. The SMILES string of the molecule is O=CN1CCN(c2cc(C(=O)Nc3cccc(Cl)c3Cl)ccn2)CC1. The number of nitrogens with one attached hydrogen (secondary N) is 1. The van der Waals surface area contributed by atoms with Gasteiger partial charge in [0, 0.05) is 37.9 Å². The van der Waals surface area contributed by atoms with E-state index in [4.69, 9.17) is 23.2 Å². The molecule has 1 aromatic heterocycles. The van der Waals surface area contributed by atoms with Crippen molar-refractivity contribution in [1.82, 2.24) is 9.88 Å². The standard InChI is InChI=1S/C17H16Cl2N4O2/c18-13-2-1-3-14(16(13)19)21-17(25)12-4-5-20-15(10-12)23-8-6-22(11-24)7-9-23/h1-5,10-11H,6-9H2,(H,21,25). The number of amides is 2. The Balaban J connectivity index is 1.74. The van der Waals surface area contributed by atoms with E-state index in [1.54, 1.807) is 41.4 Å². The molecule has 0 unspecified atom stereocenters. The normalized spacial score (nSPS) is 14.3. The third kappa shape index (κ3) is 4.03. The molecule has 3 rings (SSSR count). The molecule has 130 valence electrons. The van der Waals surface area contributed by atoms with Gasteiger partial charge in [-0.3, -0.25) is 9.59 Å². The van der Waals surface area contributed by atoms with Crippen LogP contribution in [-0.4, -0.2) is 48.4 Å². The molecule has 1 fully saturated rings. The van der Waals surface area contributed by atoms with Crippen molar-refractivity contribution < 1.29 is 9.59 Å². The highest BCUT2D eigenvalue weighted by Gasteiger charge is 2.18. The molecule has 2 aromatic rings.